The van der Waals surface area contributed by atoms with E-state index in [0.717, 1.165) is 28.1 Å². The standard InChI is InChI=1S/C16H12N4/c17-11-10-12-6-8-14(9-7-12)16-15(18-20-19-16)13-4-2-1-3-5-13/h1-9H,10H2,(H,18,19,20). The van der Waals surface area contributed by atoms with Crippen LogP contribution in [-0.2, 0) is 6.42 Å². The minimum Gasteiger partial charge on any atom is -0.198 e. The number of benzene rings is 2. The van der Waals surface area contributed by atoms with Gasteiger partial charge < -0.3 is 0 Å². The molecule has 0 saturated carbocycles. The van der Waals surface area contributed by atoms with E-state index >= 15 is 0 Å². The summed E-state index contributed by atoms with van der Waals surface area (Å²) in [5, 5.41) is 19.8. The summed E-state index contributed by atoms with van der Waals surface area (Å²) in [6, 6.07) is 19.9. The number of nitrogens with one attached hydrogen (secondary N) is 1. The average Bonchev–Trinajstić information content (AvgIpc) is 2.99. The molecule has 0 bridgehead atoms. The van der Waals surface area contributed by atoms with Crippen molar-refractivity contribution in [2.24, 2.45) is 0 Å². The van der Waals surface area contributed by atoms with E-state index in [1.807, 2.05) is 54.6 Å². The van der Waals surface area contributed by atoms with Gasteiger partial charge in [0.15, 0.2) is 0 Å². The molecule has 3 rings (SSSR count). The van der Waals surface area contributed by atoms with Gasteiger partial charge in [-0.15, -0.1) is 0 Å². The number of nitrogens with zero attached hydrogens (tertiary/aromatic N) is 3. The van der Waals surface area contributed by atoms with Crippen LogP contribution in [-0.4, -0.2) is 15.4 Å². The van der Waals surface area contributed by atoms with Gasteiger partial charge in [0, 0.05) is 11.1 Å². The molecule has 1 aromatic heterocycles. The van der Waals surface area contributed by atoms with E-state index in [9.17, 15) is 0 Å². The van der Waals surface area contributed by atoms with Gasteiger partial charge in [-0.1, -0.05) is 54.6 Å². The van der Waals surface area contributed by atoms with Crippen LogP contribution < -0.4 is 0 Å². The summed E-state index contributed by atoms with van der Waals surface area (Å²) in [5.41, 5.74) is 4.66. The van der Waals surface area contributed by atoms with Crippen molar-refractivity contribution in [2.75, 3.05) is 0 Å². The first-order valence-corrected chi connectivity index (χ1v) is 6.31. The smallest absolute Gasteiger partial charge is 0.120 e. The first-order chi connectivity index (χ1) is 9.88. The number of aromatic amines is 1. The van der Waals surface area contributed by atoms with Crippen molar-refractivity contribution in [3.05, 3.63) is 60.2 Å². The molecule has 96 valence electrons. The summed E-state index contributed by atoms with van der Waals surface area (Å²) in [6.07, 6.45) is 0.421. The zero-order valence-electron chi connectivity index (χ0n) is 10.7. The van der Waals surface area contributed by atoms with Gasteiger partial charge in [-0.3, -0.25) is 0 Å². The molecule has 0 spiro atoms. The number of H-pyrrole nitrogens is 1. The second-order valence-electron chi connectivity index (χ2n) is 4.42. The number of hydrogen-bond donors (Lipinski definition) is 1. The SMILES string of the molecule is N#CCc1ccc(-c2n[nH]nc2-c2ccccc2)cc1. The first kappa shape index (κ1) is 12.1. The molecule has 0 fully saturated rings. The number of aromatic nitrogens is 3. The maximum atomic E-state index is 8.69. The molecule has 4 nitrogen and oxygen atoms in total. The predicted octanol–water partition coefficient (Wildman–Crippen LogP) is 3.20. The van der Waals surface area contributed by atoms with Crippen molar-refractivity contribution >= 4 is 0 Å². The molecule has 3 aromatic rings. The largest absolute Gasteiger partial charge is 0.198 e. The van der Waals surface area contributed by atoms with Crippen LogP contribution in [0, 0.1) is 11.3 Å². The number of rotatable bonds is 3. The highest BCUT2D eigenvalue weighted by molar-refractivity contribution is 5.77. The monoisotopic (exact) mass is 260 g/mol. The van der Waals surface area contributed by atoms with E-state index in [4.69, 9.17) is 5.26 Å². The molecule has 0 radical (unpaired) electrons. The van der Waals surface area contributed by atoms with Crippen LogP contribution in [0.4, 0.5) is 0 Å². The summed E-state index contributed by atoms with van der Waals surface area (Å²) in [6.45, 7) is 0. The fourth-order valence-corrected chi connectivity index (χ4v) is 2.10. The van der Waals surface area contributed by atoms with Gasteiger partial charge in [-0.2, -0.15) is 20.7 Å². The van der Waals surface area contributed by atoms with Crippen LogP contribution in [0.3, 0.4) is 0 Å². The van der Waals surface area contributed by atoms with E-state index in [1.165, 1.54) is 0 Å². The molecule has 0 unspecified atom stereocenters. The molecule has 0 saturated heterocycles. The molecular formula is C16H12N4. The Labute approximate surface area is 116 Å². The third kappa shape index (κ3) is 2.29. The Hall–Kier alpha value is -2.93. The molecule has 4 heteroatoms. The number of hydrogen-bond acceptors (Lipinski definition) is 3. The fourth-order valence-electron chi connectivity index (χ4n) is 2.10. The highest BCUT2D eigenvalue weighted by Crippen LogP contribution is 2.28. The van der Waals surface area contributed by atoms with Gasteiger partial charge in [0.1, 0.15) is 11.4 Å². The van der Waals surface area contributed by atoms with Crippen molar-refractivity contribution in [3.63, 3.8) is 0 Å². The van der Waals surface area contributed by atoms with E-state index < -0.39 is 0 Å². The molecule has 0 amide bonds. The maximum absolute atomic E-state index is 8.69. The van der Waals surface area contributed by atoms with Gasteiger partial charge in [0.2, 0.25) is 0 Å². The van der Waals surface area contributed by atoms with Gasteiger partial charge >= 0.3 is 0 Å². The first-order valence-electron chi connectivity index (χ1n) is 6.31. The fraction of sp³-hybridized carbons (Fsp3) is 0.0625. The third-order valence-corrected chi connectivity index (χ3v) is 3.11. The Bertz CT molecular complexity index is 736. The summed E-state index contributed by atoms with van der Waals surface area (Å²) in [7, 11) is 0. The quantitative estimate of drug-likeness (QED) is 0.786. The van der Waals surface area contributed by atoms with Crippen molar-refractivity contribution in [2.45, 2.75) is 6.42 Å². The third-order valence-electron chi connectivity index (χ3n) is 3.11. The van der Waals surface area contributed by atoms with Crippen molar-refractivity contribution in [3.8, 4) is 28.6 Å². The normalized spacial score (nSPS) is 10.2. The Morgan fingerprint density at radius 3 is 2.05 bits per heavy atom. The zero-order valence-corrected chi connectivity index (χ0v) is 10.7. The molecule has 1 heterocycles. The van der Waals surface area contributed by atoms with E-state index in [2.05, 4.69) is 21.5 Å². The molecule has 2 aromatic carbocycles. The molecular weight excluding hydrogens is 248 g/mol. The van der Waals surface area contributed by atoms with Crippen LogP contribution >= 0.6 is 0 Å². The molecule has 20 heavy (non-hydrogen) atoms. The minimum absolute atomic E-state index is 0.421. The van der Waals surface area contributed by atoms with Crippen LogP contribution in [0.25, 0.3) is 22.5 Å². The molecule has 1 N–H and O–H groups in total. The average molecular weight is 260 g/mol. The lowest BCUT2D eigenvalue weighted by Crippen LogP contribution is -1.86. The van der Waals surface area contributed by atoms with Crippen molar-refractivity contribution < 1.29 is 0 Å². The van der Waals surface area contributed by atoms with Gasteiger partial charge in [0.05, 0.1) is 12.5 Å². The highest BCUT2D eigenvalue weighted by Gasteiger charge is 2.11. The van der Waals surface area contributed by atoms with Crippen LogP contribution in [0.1, 0.15) is 5.56 Å². The Morgan fingerprint density at radius 2 is 1.45 bits per heavy atom. The summed E-state index contributed by atoms with van der Waals surface area (Å²) in [4.78, 5) is 0. The Kier molecular flexibility index (Phi) is 3.25. The summed E-state index contributed by atoms with van der Waals surface area (Å²) >= 11 is 0. The second-order valence-corrected chi connectivity index (χ2v) is 4.42. The Morgan fingerprint density at radius 1 is 0.850 bits per heavy atom. The molecule has 0 aliphatic heterocycles. The zero-order chi connectivity index (χ0) is 13.8. The van der Waals surface area contributed by atoms with E-state index in [1.54, 1.807) is 0 Å². The van der Waals surface area contributed by atoms with E-state index in [0.29, 0.717) is 6.42 Å². The van der Waals surface area contributed by atoms with Crippen molar-refractivity contribution in [1.29, 1.82) is 5.26 Å². The van der Waals surface area contributed by atoms with Crippen LogP contribution in [0.15, 0.2) is 54.6 Å². The highest BCUT2D eigenvalue weighted by atomic mass is 15.3. The van der Waals surface area contributed by atoms with Crippen LogP contribution in [0.2, 0.25) is 0 Å². The van der Waals surface area contributed by atoms with Gasteiger partial charge in [-0.05, 0) is 5.56 Å². The molecule has 0 atom stereocenters. The van der Waals surface area contributed by atoms with Crippen LogP contribution in [0.5, 0.6) is 0 Å². The lowest BCUT2D eigenvalue weighted by Gasteiger charge is -2.02. The lowest BCUT2D eigenvalue weighted by molar-refractivity contribution is 0.944. The topological polar surface area (TPSA) is 65.4 Å². The molecule has 0 aliphatic rings. The summed E-state index contributed by atoms with van der Waals surface area (Å²) in [5.74, 6) is 0. The lowest BCUT2D eigenvalue weighted by atomic mass is 10.0. The van der Waals surface area contributed by atoms with E-state index in [-0.39, 0.29) is 0 Å². The minimum atomic E-state index is 0.421. The number of nitriles is 1. The van der Waals surface area contributed by atoms with Gasteiger partial charge in [0.25, 0.3) is 0 Å². The van der Waals surface area contributed by atoms with Crippen molar-refractivity contribution in [1.82, 2.24) is 15.4 Å². The summed E-state index contributed by atoms with van der Waals surface area (Å²) < 4.78 is 0. The molecule has 0 aliphatic carbocycles. The van der Waals surface area contributed by atoms with Gasteiger partial charge in [-0.25, -0.2) is 0 Å². The Balaban J connectivity index is 2.00. The second kappa shape index (κ2) is 5.37. The maximum Gasteiger partial charge on any atom is 0.120 e. The predicted molar refractivity (Wildman–Crippen MR) is 76.6 cm³/mol.